The molecule has 0 radical (unpaired) electrons. The Balaban J connectivity index is 1.06. The number of pyridine rings is 2. The van der Waals surface area contributed by atoms with Crippen LogP contribution in [0.3, 0.4) is 0 Å². The van der Waals surface area contributed by atoms with Gasteiger partial charge in [-0.15, -0.1) is 0 Å². The number of nitrogens with zero attached hydrogens (tertiary/aromatic N) is 4. The number of anilines is 1. The van der Waals surface area contributed by atoms with Crippen LogP contribution < -0.4 is 10.6 Å². The molecule has 0 spiro atoms. The summed E-state index contributed by atoms with van der Waals surface area (Å²) in [7, 11) is 0. The molecule has 0 saturated carbocycles. The number of aryl methyl sites for hydroxylation is 2. The zero-order valence-corrected chi connectivity index (χ0v) is 22.1. The third-order valence-corrected chi connectivity index (χ3v) is 8.25. The van der Waals surface area contributed by atoms with E-state index in [0.29, 0.717) is 25.4 Å². The zero-order chi connectivity index (χ0) is 26.3. The van der Waals surface area contributed by atoms with Gasteiger partial charge in [-0.3, -0.25) is 14.7 Å². The zero-order valence-electron chi connectivity index (χ0n) is 22.1. The standard InChI is InChI=1S/C29H40N6O3/c36-28(26-6-3-15-35(26)20-22-4-1-13-30-18-22)33-25(29(37)38)12-17-34-16-11-21(19-34)7-9-24-10-8-23-5-2-14-31-27(23)32-24/h1,4,8,10,13,18,21,25-26H,2-3,5-7,9,11-12,14-17,19-20H2,(H,31,32)(H,33,36)(H,37,38)/t21-,25+,26+/m1/s1. The van der Waals surface area contributed by atoms with Gasteiger partial charge in [0.25, 0.3) is 0 Å². The molecule has 5 heterocycles. The predicted molar refractivity (Wildman–Crippen MR) is 146 cm³/mol. The number of aromatic nitrogens is 2. The van der Waals surface area contributed by atoms with Crippen LogP contribution in [0.5, 0.6) is 0 Å². The number of carboxylic acids is 1. The van der Waals surface area contributed by atoms with E-state index in [9.17, 15) is 14.7 Å². The maximum absolute atomic E-state index is 13.1. The molecule has 204 valence electrons. The lowest BCUT2D eigenvalue weighted by atomic mass is 10.00. The normalized spacial score (nSPS) is 22.5. The molecule has 5 rings (SSSR count). The van der Waals surface area contributed by atoms with Gasteiger partial charge >= 0.3 is 5.97 Å². The van der Waals surface area contributed by atoms with Crippen molar-refractivity contribution in [3.05, 3.63) is 53.5 Å². The highest BCUT2D eigenvalue weighted by Gasteiger charge is 2.33. The van der Waals surface area contributed by atoms with E-state index in [1.807, 2.05) is 18.3 Å². The lowest BCUT2D eigenvalue weighted by Crippen LogP contribution is -2.50. The number of aliphatic carboxylic acids is 1. The van der Waals surface area contributed by atoms with E-state index in [1.54, 1.807) is 6.20 Å². The van der Waals surface area contributed by atoms with E-state index in [-0.39, 0.29) is 11.9 Å². The van der Waals surface area contributed by atoms with E-state index in [1.165, 1.54) is 12.0 Å². The Labute approximate surface area is 225 Å². The van der Waals surface area contributed by atoms with Gasteiger partial charge in [-0.2, -0.15) is 0 Å². The van der Waals surface area contributed by atoms with E-state index in [0.717, 1.165) is 81.8 Å². The quantitative estimate of drug-likeness (QED) is 0.415. The van der Waals surface area contributed by atoms with Crippen molar-refractivity contribution in [1.29, 1.82) is 0 Å². The van der Waals surface area contributed by atoms with Gasteiger partial charge in [0, 0.05) is 44.3 Å². The Morgan fingerprint density at radius 2 is 2.11 bits per heavy atom. The fraction of sp³-hybridized carbons (Fsp3) is 0.586. The third kappa shape index (κ3) is 6.88. The Kier molecular flexibility index (Phi) is 8.86. The number of carboxylic acid groups (broad SMARTS) is 1. The monoisotopic (exact) mass is 520 g/mol. The summed E-state index contributed by atoms with van der Waals surface area (Å²) >= 11 is 0. The van der Waals surface area contributed by atoms with Crippen molar-refractivity contribution in [3.8, 4) is 0 Å². The summed E-state index contributed by atoms with van der Waals surface area (Å²) in [5, 5.41) is 16.1. The lowest BCUT2D eigenvalue weighted by Gasteiger charge is -2.26. The molecule has 3 aliphatic rings. The first-order chi connectivity index (χ1) is 18.5. The van der Waals surface area contributed by atoms with Crippen molar-refractivity contribution >= 4 is 17.7 Å². The van der Waals surface area contributed by atoms with E-state index in [2.05, 4.69) is 37.6 Å². The topological polar surface area (TPSA) is 111 Å². The number of carbonyl (C=O) groups is 2. The molecule has 0 unspecified atom stereocenters. The SMILES string of the molecule is O=C(O)[C@H](CCN1CC[C@@H](CCc2ccc3c(n2)NCCC3)C1)NC(=O)[C@@H]1CCCN1Cc1cccnc1. The van der Waals surface area contributed by atoms with Crippen LogP contribution in [-0.2, 0) is 29.0 Å². The van der Waals surface area contributed by atoms with Crippen molar-refractivity contribution < 1.29 is 14.7 Å². The molecule has 2 aromatic heterocycles. The first-order valence-corrected chi connectivity index (χ1v) is 14.2. The van der Waals surface area contributed by atoms with Crippen LogP contribution in [0.1, 0.15) is 55.3 Å². The first kappa shape index (κ1) is 26.6. The molecule has 2 fully saturated rings. The second-order valence-corrected chi connectivity index (χ2v) is 11.0. The number of amides is 1. The van der Waals surface area contributed by atoms with Crippen LogP contribution in [0.15, 0.2) is 36.7 Å². The fourth-order valence-corrected chi connectivity index (χ4v) is 6.09. The third-order valence-electron chi connectivity index (χ3n) is 8.25. The highest BCUT2D eigenvalue weighted by Crippen LogP contribution is 2.25. The molecule has 3 aliphatic heterocycles. The van der Waals surface area contributed by atoms with Crippen LogP contribution in [0, 0.1) is 5.92 Å². The molecule has 3 atom stereocenters. The molecule has 0 aliphatic carbocycles. The van der Waals surface area contributed by atoms with Gasteiger partial charge in [-0.1, -0.05) is 12.1 Å². The van der Waals surface area contributed by atoms with Gasteiger partial charge < -0.3 is 20.6 Å². The van der Waals surface area contributed by atoms with Crippen LogP contribution >= 0.6 is 0 Å². The van der Waals surface area contributed by atoms with Gasteiger partial charge in [0.1, 0.15) is 11.9 Å². The minimum Gasteiger partial charge on any atom is -0.480 e. The Hall–Kier alpha value is -3.04. The minimum atomic E-state index is -0.960. The fourth-order valence-electron chi connectivity index (χ4n) is 6.09. The Morgan fingerprint density at radius 1 is 1.18 bits per heavy atom. The molecule has 0 aromatic carbocycles. The van der Waals surface area contributed by atoms with Crippen molar-refractivity contribution in [2.45, 2.75) is 70.0 Å². The maximum atomic E-state index is 13.1. The number of nitrogens with one attached hydrogen (secondary N) is 2. The van der Waals surface area contributed by atoms with Gasteiger partial charge in [0.15, 0.2) is 0 Å². The summed E-state index contributed by atoms with van der Waals surface area (Å²) in [6, 6.07) is 7.13. The van der Waals surface area contributed by atoms with Crippen LogP contribution in [0.4, 0.5) is 5.82 Å². The number of carbonyl (C=O) groups excluding carboxylic acids is 1. The lowest BCUT2D eigenvalue weighted by molar-refractivity contribution is -0.142. The molecular weight excluding hydrogens is 480 g/mol. The highest BCUT2D eigenvalue weighted by molar-refractivity contribution is 5.87. The van der Waals surface area contributed by atoms with Crippen molar-refractivity contribution in [2.75, 3.05) is 38.0 Å². The van der Waals surface area contributed by atoms with Gasteiger partial charge in [0.2, 0.25) is 5.91 Å². The summed E-state index contributed by atoms with van der Waals surface area (Å²) in [5.74, 6) is 0.516. The number of likely N-dealkylation sites (tertiary alicyclic amines) is 2. The molecule has 3 N–H and O–H groups in total. The molecule has 38 heavy (non-hydrogen) atoms. The van der Waals surface area contributed by atoms with Crippen molar-refractivity contribution in [1.82, 2.24) is 25.1 Å². The number of hydrogen-bond acceptors (Lipinski definition) is 7. The summed E-state index contributed by atoms with van der Waals surface area (Å²) in [6.07, 6.45) is 11.1. The van der Waals surface area contributed by atoms with Crippen molar-refractivity contribution in [3.63, 3.8) is 0 Å². The van der Waals surface area contributed by atoms with Crippen LogP contribution in [0.2, 0.25) is 0 Å². The molecule has 1 amide bonds. The highest BCUT2D eigenvalue weighted by atomic mass is 16.4. The molecule has 2 aromatic rings. The summed E-state index contributed by atoms with van der Waals surface area (Å²) < 4.78 is 0. The summed E-state index contributed by atoms with van der Waals surface area (Å²) in [5.41, 5.74) is 3.53. The number of rotatable bonds is 11. The number of fused-ring (bicyclic) bond motifs is 1. The Bertz CT molecular complexity index is 1100. The molecule has 9 nitrogen and oxygen atoms in total. The Morgan fingerprint density at radius 3 is 2.95 bits per heavy atom. The molecule has 0 bridgehead atoms. The van der Waals surface area contributed by atoms with Crippen LogP contribution in [-0.4, -0.2) is 81.6 Å². The van der Waals surface area contributed by atoms with Gasteiger partial charge in [-0.25, -0.2) is 9.78 Å². The van der Waals surface area contributed by atoms with E-state index >= 15 is 0 Å². The average molecular weight is 521 g/mol. The first-order valence-electron chi connectivity index (χ1n) is 14.2. The smallest absolute Gasteiger partial charge is 0.326 e. The molecule has 9 heteroatoms. The summed E-state index contributed by atoms with van der Waals surface area (Å²) in [4.78, 5) is 38.5. The maximum Gasteiger partial charge on any atom is 0.326 e. The average Bonchev–Trinajstić information content (AvgIpc) is 3.59. The van der Waals surface area contributed by atoms with Gasteiger partial charge in [0.05, 0.1) is 6.04 Å². The van der Waals surface area contributed by atoms with Crippen molar-refractivity contribution in [2.24, 2.45) is 5.92 Å². The van der Waals surface area contributed by atoms with E-state index < -0.39 is 12.0 Å². The van der Waals surface area contributed by atoms with Crippen LogP contribution in [0.25, 0.3) is 0 Å². The van der Waals surface area contributed by atoms with E-state index in [4.69, 9.17) is 4.98 Å². The second kappa shape index (κ2) is 12.7. The predicted octanol–water partition coefficient (Wildman–Crippen LogP) is 2.71. The number of hydrogen-bond donors (Lipinski definition) is 3. The molecule has 2 saturated heterocycles. The van der Waals surface area contributed by atoms with Gasteiger partial charge in [-0.05, 0) is 93.6 Å². The minimum absolute atomic E-state index is 0.176. The molecular formula is C29H40N6O3. The largest absolute Gasteiger partial charge is 0.480 e. The second-order valence-electron chi connectivity index (χ2n) is 11.0. The summed E-state index contributed by atoms with van der Waals surface area (Å²) in [6.45, 7) is 5.12.